The van der Waals surface area contributed by atoms with Crippen LogP contribution < -0.4 is 5.73 Å². The number of hydrogen-bond acceptors (Lipinski definition) is 3. The molecule has 1 amide bonds. The van der Waals surface area contributed by atoms with Gasteiger partial charge in [0.05, 0.1) is 0 Å². The van der Waals surface area contributed by atoms with Crippen LogP contribution in [0.2, 0.25) is 0 Å². The first kappa shape index (κ1) is 12.7. The highest BCUT2D eigenvalue weighted by molar-refractivity contribution is 5.69. The molecule has 1 saturated carbocycles. The number of carbonyl (C=O) groups is 1. The maximum absolute atomic E-state index is 11.9. The van der Waals surface area contributed by atoms with Crippen molar-refractivity contribution in [2.45, 2.75) is 33.3 Å². The van der Waals surface area contributed by atoms with E-state index in [1.165, 1.54) is 0 Å². The minimum atomic E-state index is -0.395. The second kappa shape index (κ2) is 4.16. The molecule has 1 saturated heterocycles. The Kier molecular flexibility index (Phi) is 3.10. The van der Waals surface area contributed by atoms with E-state index in [0.717, 1.165) is 25.6 Å². The summed E-state index contributed by atoms with van der Waals surface area (Å²) >= 11 is 0. The number of rotatable bonds is 2. The molecule has 3 unspecified atom stereocenters. The van der Waals surface area contributed by atoms with Crippen molar-refractivity contribution >= 4 is 6.09 Å². The number of likely N-dealkylation sites (tertiary alicyclic amines) is 1. The molecule has 4 heteroatoms. The minimum Gasteiger partial charge on any atom is -0.444 e. The maximum Gasteiger partial charge on any atom is 0.410 e. The molecule has 1 aliphatic carbocycles. The Balaban J connectivity index is 1.81. The molecule has 0 bridgehead atoms. The van der Waals surface area contributed by atoms with Crippen LogP contribution in [-0.4, -0.2) is 36.2 Å². The Morgan fingerprint density at radius 2 is 1.94 bits per heavy atom. The zero-order valence-corrected chi connectivity index (χ0v) is 11.3. The van der Waals surface area contributed by atoms with Crippen LogP contribution in [0.15, 0.2) is 0 Å². The molecule has 98 valence electrons. The van der Waals surface area contributed by atoms with Gasteiger partial charge in [0.2, 0.25) is 0 Å². The van der Waals surface area contributed by atoms with Crippen molar-refractivity contribution in [1.82, 2.24) is 4.90 Å². The lowest BCUT2D eigenvalue weighted by molar-refractivity contribution is 0.0261. The number of hydrogen-bond donors (Lipinski definition) is 1. The number of nitrogens with two attached hydrogens (primary N) is 1. The predicted octanol–water partition coefficient (Wildman–Crippen LogP) is 1.69. The van der Waals surface area contributed by atoms with Gasteiger partial charge in [-0.15, -0.1) is 0 Å². The summed E-state index contributed by atoms with van der Waals surface area (Å²) in [5.41, 5.74) is 5.29. The zero-order valence-electron chi connectivity index (χ0n) is 11.3. The number of piperidine rings is 1. The van der Waals surface area contributed by atoms with Gasteiger partial charge >= 0.3 is 6.09 Å². The molecule has 2 N–H and O–H groups in total. The SMILES string of the molecule is CC(CN)C1C2CN(C(=O)OC(C)(C)C)CC21. The van der Waals surface area contributed by atoms with Gasteiger partial charge in [-0.25, -0.2) is 4.79 Å². The molecular weight excluding hydrogens is 216 g/mol. The van der Waals surface area contributed by atoms with E-state index < -0.39 is 5.60 Å². The summed E-state index contributed by atoms with van der Waals surface area (Å²) in [6.07, 6.45) is -0.163. The molecule has 17 heavy (non-hydrogen) atoms. The van der Waals surface area contributed by atoms with Crippen LogP contribution in [0.25, 0.3) is 0 Å². The van der Waals surface area contributed by atoms with Crippen molar-refractivity contribution in [3.8, 4) is 0 Å². The second-order valence-electron chi connectivity index (χ2n) is 6.50. The fourth-order valence-electron chi connectivity index (χ4n) is 3.05. The van der Waals surface area contributed by atoms with Crippen molar-refractivity contribution in [1.29, 1.82) is 0 Å². The summed E-state index contributed by atoms with van der Waals surface area (Å²) in [7, 11) is 0. The third kappa shape index (κ3) is 2.57. The van der Waals surface area contributed by atoms with Gasteiger partial charge in [-0.3, -0.25) is 0 Å². The van der Waals surface area contributed by atoms with E-state index in [0.29, 0.717) is 17.8 Å². The number of fused-ring (bicyclic) bond motifs is 1. The zero-order chi connectivity index (χ0) is 12.8. The molecule has 0 aromatic rings. The Labute approximate surface area is 103 Å². The Morgan fingerprint density at radius 3 is 2.35 bits per heavy atom. The van der Waals surface area contributed by atoms with Gasteiger partial charge in [0.25, 0.3) is 0 Å². The van der Waals surface area contributed by atoms with E-state index in [1.54, 1.807) is 0 Å². The number of amides is 1. The van der Waals surface area contributed by atoms with E-state index in [9.17, 15) is 4.79 Å². The molecule has 4 nitrogen and oxygen atoms in total. The topological polar surface area (TPSA) is 55.6 Å². The lowest BCUT2D eigenvalue weighted by atomic mass is 10.0. The molecular formula is C13H24N2O2. The highest BCUT2D eigenvalue weighted by Crippen LogP contribution is 2.55. The standard InChI is InChI=1S/C13H24N2O2/c1-8(5-14)11-9-6-15(7-10(9)11)12(16)17-13(2,3)4/h8-11H,5-7,14H2,1-4H3. The van der Waals surface area contributed by atoms with Crippen LogP contribution in [0.5, 0.6) is 0 Å². The van der Waals surface area contributed by atoms with Crippen molar-refractivity contribution in [3.05, 3.63) is 0 Å². The molecule has 0 spiro atoms. The fourth-order valence-corrected chi connectivity index (χ4v) is 3.05. The summed E-state index contributed by atoms with van der Waals surface area (Å²) < 4.78 is 5.37. The third-order valence-corrected chi connectivity index (χ3v) is 3.94. The fraction of sp³-hybridized carbons (Fsp3) is 0.923. The highest BCUT2D eigenvalue weighted by Gasteiger charge is 2.58. The minimum absolute atomic E-state index is 0.163. The monoisotopic (exact) mass is 240 g/mol. The van der Waals surface area contributed by atoms with Crippen LogP contribution in [0.3, 0.4) is 0 Å². The van der Waals surface area contributed by atoms with E-state index >= 15 is 0 Å². The van der Waals surface area contributed by atoms with Crippen molar-refractivity contribution in [3.63, 3.8) is 0 Å². The maximum atomic E-state index is 11.9. The lowest BCUT2D eigenvalue weighted by Gasteiger charge is -2.26. The molecule has 1 aliphatic heterocycles. The quantitative estimate of drug-likeness (QED) is 0.799. The van der Waals surface area contributed by atoms with Crippen LogP contribution in [0.1, 0.15) is 27.7 Å². The summed E-state index contributed by atoms with van der Waals surface area (Å²) in [6.45, 7) is 10.4. The van der Waals surface area contributed by atoms with Gasteiger partial charge in [0.1, 0.15) is 5.60 Å². The Morgan fingerprint density at radius 1 is 1.41 bits per heavy atom. The van der Waals surface area contributed by atoms with Gasteiger partial charge < -0.3 is 15.4 Å². The number of carbonyl (C=O) groups excluding carboxylic acids is 1. The van der Waals surface area contributed by atoms with Gasteiger partial charge in [-0.1, -0.05) is 6.92 Å². The van der Waals surface area contributed by atoms with E-state index in [2.05, 4.69) is 6.92 Å². The number of nitrogens with zero attached hydrogens (tertiary/aromatic N) is 1. The van der Waals surface area contributed by atoms with Crippen LogP contribution in [0.4, 0.5) is 4.79 Å². The summed E-state index contributed by atoms with van der Waals surface area (Å²) in [5.74, 6) is 2.66. The molecule has 0 radical (unpaired) electrons. The van der Waals surface area contributed by atoms with Crippen molar-refractivity contribution < 1.29 is 9.53 Å². The normalized spacial score (nSPS) is 33.2. The molecule has 0 aromatic carbocycles. The van der Waals surface area contributed by atoms with E-state index in [4.69, 9.17) is 10.5 Å². The highest BCUT2D eigenvalue weighted by atomic mass is 16.6. The Bertz CT molecular complexity index is 299. The molecule has 3 atom stereocenters. The van der Waals surface area contributed by atoms with Crippen LogP contribution in [-0.2, 0) is 4.74 Å². The average Bonchev–Trinajstić information content (AvgIpc) is 2.69. The predicted molar refractivity (Wildman–Crippen MR) is 66.5 cm³/mol. The van der Waals surface area contributed by atoms with E-state index in [1.807, 2.05) is 25.7 Å². The summed E-state index contributed by atoms with van der Waals surface area (Å²) in [5, 5.41) is 0. The van der Waals surface area contributed by atoms with Gasteiger partial charge in [0, 0.05) is 13.1 Å². The van der Waals surface area contributed by atoms with Gasteiger partial charge in [-0.05, 0) is 51.0 Å². The molecule has 2 rings (SSSR count). The largest absolute Gasteiger partial charge is 0.444 e. The molecule has 1 heterocycles. The second-order valence-corrected chi connectivity index (χ2v) is 6.50. The molecule has 2 fully saturated rings. The first-order chi connectivity index (χ1) is 7.83. The first-order valence-corrected chi connectivity index (χ1v) is 6.51. The molecule has 2 aliphatic rings. The smallest absolute Gasteiger partial charge is 0.410 e. The van der Waals surface area contributed by atoms with Gasteiger partial charge in [0.15, 0.2) is 0 Å². The van der Waals surface area contributed by atoms with Crippen LogP contribution in [0, 0.1) is 23.7 Å². The van der Waals surface area contributed by atoms with Gasteiger partial charge in [-0.2, -0.15) is 0 Å². The first-order valence-electron chi connectivity index (χ1n) is 6.51. The van der Waals surface area contributed by atoms with Crippen LogP contribution >= 0.6 is 0 Å². The molecule has 0 aromatic heterocycles. The van der Waals surface area contributed by atoms with Crippen molar-refractivity contribution in [2.24, 2.45) is 29.4 Å². The summed E-state index contributed by atoms with van der Waals surface area (Å²) in [4.78, 5) is 13.7. The third-order valence-electron chi connectivity index (χ3n) is 3.94. The van der Waals surface area contributed by atoms with E-state index in [-0.39, 0.29) is 6.09 Å². The number of ether oxygens (including phenoxy) is 1. The van der Waals surface area contributed by atoms with Crippen molar-refractivity contribution in [2.75, 3.05) is 19.6 Å². The average molecular weight is 240 g/mol. The lowest BCUT2D eigenvalue weighted by Crippen LogP contribution is -2.37. The Hall–Kier alpha value is -0.770. The summed E-state index contributed by atoms with van der Waals surface area (Å²) in [6, 6.07) is 0.